The summed E-state index contributed by atoms with van der Waals surface area (Å²) in [6.07, 6.45) is -2.96. The van der Waals surface area contributed by atoms with E-state index < -0.39 is 47.3 Å². The van der Waals surface area contributed by atoms with Crippen LogP contribution in [0.15, 0.2) is 0 Å². The molecule has 0 unspecified atom stereocenters. The van der Waals surface area contributed by atoms with Crippen molar-refractivity contribution >= 4 is 39.7 Å². The summed E-state index contributed by atoms with van der Waals surface area (Å²) in [5.74, 6) is -2.19. The Morgan fingerprint density at radius 3 is 1.96 bits per heavy atom. The zero-order valence-corrected chi connectivity index (χ0v) is 15.3. The van der Waals surface area contributed by atoms with Crippen molar-refractivity contribution < 1.29 is 38.1 Å². The molecule has 1 fully saturated rings. The quantitative estimate of drug-likeness (QED) is 0.384. The Hall–Kier alpha value is -1.68. The summed E-state index contributed by atoms with van der Waals surface area (Å²) in [5, 5.41) is 1.84. The van der Waals surface area contributed by atoms with Gasteiger partial charge in [-0.05, 0) is 0 Å². The number of alkyl halides is 1. The van der Waals surface area contributed by atoms with Crippen LogP contribution in [0.25, 0.3) is 0 Å². The second-order valence-corrected chi connectivity index (χ2v) is 6.11. The number of ether oxygens (including phenoxy) is 4. The van der Waals surface area contributed by atoms with Gasteiger partial charge in [0.1, 0.15) is 23.8 Å². The van der Waals surface area contributed by atoms with Gasteiger partial charge in [-0.25, -0.2) is 0 Å². The zero-order chi connectivity index (χ0) is 18.4. The van der Waals surface area contributed by atoms with Gasteiger partial charge in [0.25, 0.3) is 0 Å². The van der Waals surface area contributed by atoms with Crippen molar-refractivity contribution in [1.29, 1.82) is 0 Å². The molecule has 24 heavy (non-hydrogen) atoms. The maximum absolute atomic E-state index is 11.4. The van der Waals surface area contributed by atoms with Gasteiger partial charge in [-0.2, -0.15) is 0 Å². The number of carbonyl (C=O) groups is 4. The molecule has 0 aromatic heterocycles. The maximum atomic E-state index is 11.4. The van der Waals surface area contributed by atoms with Gasteiger partial charge in [0.2, 0.25) is 5.91 Å². The molecule has 5 atom stereocenters. The van der Waals surface area contributed by atoms with E-state index in [1.54, 1.807) is 0 Å². The lowest BCUT2D eigenvalue weighted by molar-refractivity contribution is -0.211. The normalized spacial score (nSPS) is 29.3. The van der Waals surface area contributed by atoms with E-state index >= 15 is 0 Å². The third-order valence-electron chi connectivity index (χ3n) is 3.06. The molecule has 1 rings (SSSR count). The third-order valence-corrected chi connectivity index (χ3v) is 3.84. The molecule has 0 aromatic rings. The molecule has 1 aliphatic rings. The topological polar surface area (TPSA) is 117 Å². The first-order valence-electron chi connectivity index (χ1n) is 7.16. The summed E-state index contributed by atoms with van der Waals surface area (Å²) in [4.78, 5) is 45.3. The molecule has 0 radical (unpaired) electrons. The van der Waals surface area contributed by atoms with E-state index in [2.05, 4.69) is 21.2 Å². The van der Waals surface area contributed by atoms with Crippen LogP contribution in [0, 0.1) is 0 Å². The van der Waals surface area contributed by atoms with Gasteiger partial charge >= 0.3 is 17.9 Å². The number of halogens is 1. The van der Waals surface area contributed by atoms with Crippen LogP contribution >= 0.6 is 15.9 Å². The molecule has 1 saturated heterocycles. The molecule has 0 aliphatic carbocycles. The summed E-state index contributed by atoms with van der Waals surface area (Å²) < 4.78 is 21.0. The van der Waals surface area contributed by atoms with E-state index in [0.29, 0.717) is 0 Å². The van der Waals surface area contributed by atoms with Crippen LogP contribution in [0.5, 0.6) is 0 Å². The molecule has 0 bridgehead atoms. The highest BCUT2D eigenvalue weighted by atomic mass is 79.9. The Bertz CT molecular complexity index is 511. The number of nitrogens with one attached hydrogen (secondary N) is 1. The van der Waals surface area contributed by atoms with E-state index in [0.717, 1.165) is 0 Å². The zero-order valence-electron chi connectivity index (χ0n) is 13.7. The second kappa shape index (κ2) is 8.97. The minimum Gasteiger partial charge on any atom is -0.463 e. The fourth-order valence-corrected chi connectivity index (χ4v) is 2.99. The van der Waals surface area contributed by atoms with Crippen molar-refractivity contribution in [3.63, 3.8) is 0 Å². The van der Waals surface area contributed by atoms with Crippen LogP contribution in [0.4, 0.5) is 0 Å². The van der Waals surface area contributed by atoms with Crippen molar-refractivity contribution in [1.82, 2.24) is 5.32 Å². The highest BCUT2D eigenvalue weighted by molar-refractivity contribution is 9.09. The average Bonchev–Trinajstić information content (AvgIpc) is 2.42. The summed E-state index contributed by atoms with van der Waals surface area (Å²) in [6, 6.07) is -0.802. The number of rotatable bonds is 5. The largest absolute Gasteiger partial charge is 0.463 e. The predicted octanol–water partition coefficient (Wildman–Crippen LogP) is 0.0374. The molecular formula is C14H20BrNO8. The average molecular weight is 410 g/mol. The highest BCUT2D eigenvalue weighted by Gasteiger charge is 2.49. The van der Waals surface area contributed by atoms with Gasteiger partial charge in [-0.15, -0.1) is 0 Å². The SMILES string of the molecule is CC(=O)N[C@H]1[C@@H](OC(C)=O)[C@H](OC(C)=O)[C@@H](COC(C)=O)O[C@@H]1Br. The van der Waals surface area contributed by atoms with Crippen molar-refractivity contribution in [2.75, 3.05) is 6.61 Å². The van der Waals surface area contributed by atoms with Crippen LogP contribution in [0.2, 0.25) is 0 Å². The van der Waals surface area contributed by atoms with Crippen LogP contribution in [-0.4, -0.2) is 59.8 Å². The number of hydrogen-bond donors (Lipinski definition) is 1. The van der Waals surface area contributed by atoms with Crippen LogP contribution < -0.4 is 5.32 Å². The predicted molar refractivity (Wildman–Crippen MR) is 82.9 cm³/mol. The van der Waals surface area contributed by atoms with E-state index in [4.69, 9.17) is 18.9 Å². The fourth-order valence-electron chi connectivity index (χ4n) is 2.28. The first-order valence-corrected chi connectivity index (χ1v) is 8.07. The molecule has 0 spiro atoms. The van der Waals surface area contributed by atoms with Gasteiger partial charge in [0.05, 0.1) is 0 Å². The second-order valence-electron chi connectivity index (χ2n) is 5.20. The van der Waals surface area contributed by atoms with E-state index in [1.165, 1.54) is 27.7 Å². The molecule has 0 saturated carbocycles. The van der Waals surface area contributed by atoms with Crippen molar-refractivity contribution in [2.45, 2.75) is 57.1 Å². The van der Waals surface area contributed by atoms with Gasteiger partial charge < -0.3 is 24.3 Å². The molecule has 136 valence electrons. The Morgan fingerprint density at radius 1 is 0.958 bits per heavy atom. The van der Waals surface area contributed by atoms with Crippen molar-refractivity contribution in [3.05, 3.63) is 0 Å². The molecule has 0 aromatic carbocycles. The Morgan fingerprint density at radius 2 is 1.50 bits per heavy atom. The van der Waals surface area contributed by atoms with Gasteiger partial charge in [0, 0.05) is 27.7 Å². The monoisotopic (exact) mass is 409 g/mol. The van der Waals surface area contributed by atoms with E-state index in [-0.39, 0.29) is 12.5 Å². The molecule has 1 N–H and O–H groups in total. The minimum absolute atomic E-state index is 0.208. The molecule has 9 nitrogen and oxygen atoms in total. The molecular weight excluding hydrogens is 390 g/mol. The lowest BCUT2D eigenvalue weighted by atomic mass is 9.97. The molecule has 1 aliphatic heterocycles. The van der Waals surface area contributed by atoms with Gasteiger partial charge in [0.15, 0.2) is 12.2 Å². The van der Waals surface area contributed by atoms with E-state index in [9.17, 15) is 19.2 Å². The molecule has 1 amide bonds. The fraction of sp³-hybridized carbons (Fsp3) is 0.714. The highest BCUT2D eigenvalue weighted by Crippen LogP contribution is 2.29. The first kappa shape index (κ1) is 20.4. The van der Waals surface area contributed by atoms with Gasteiger partial charge in [-0.1, -0.05) is 15.9 Å². The third kappa shape index (κ3) is 6.08. The Labute approximate surface area is 147 Å². The van der Waals surface area contributed by atoms with Gasteiger partial charge in [-0.3, -0.25) is 19.2 Å². The summed E-state index contributed by atoms with van der Waals surface area (Å²) in [5.41, 5.74) is 0. The molecule has 10 heteroatoms. The summed E-state index contributed by atoms with van der Waals surface area (Å²) in [6.45, 7) is 4.67. The van der Waals surface area contributed by atoms with Crippen LogP contribution in [0.1, 0.15) is 27.7 Å². The summed E-state index contributed by atoms with van der Waals surface area (Å²) >= 11 is 3.25. The maximum Gasteiger partial charge on any atom is 0.303 e. The number of hydrogen-bond acceptors (Lipinski definition) is 8. The standard InChI is InChI=1S/C14H20BrNO8/c1-6(17)16-11-13(23-9(4)20)12(22-8(3)19)10(24-14(11)15)5-21-7(2)18/h10-14H,5H2,1-4H3,(H,16,17)/t10-,11+,12-,13-,14+/m1/s1. The van der Waals surface area contributed by atoms with Crippen molar-refractivity contribution in [3.8, 4) is 0 Å². The Balaban J connectivity index is 3.11. The smallest absolute Gasteiger partial charge is 0.303 e. The molecule has 1 heterocycles. The number of carbonyl (C=O) groups excluding carboxylic acids is 4. The summed E-state index contributed by atoms with van der Waals surface area (Å²) in [7, 11) is 0. The lowest BCUT2D eigenvalue weighted by Crippen LogP contribution is -2.64. The van der Waals surface area contributed by atoms with E-state index in [1.807, 2.05) is 0 Å². The minimum atomic E-state index is -1.06. The number of amides is 1. The van der Waals surface area contributed by atoms with Crippen LogP contribution in [0.3, 0.4) is 0 Å². The Kier molecular flexibility index (Phi) is 7.61. The van der Waals surface area contributed by atoms with Crippen LogP contribution in [-0.2, 0) is 38.1 Å². The first-order chi connectivity index (χ1) is 11.1. The lowest BCUT2D eigenvalue weighted by Gasteiger charge is -2.43. The number of esters is 3. The van der Waals surface area contributed by atoms with Crippen molar-refractivity contribution in [2.24, 2.45) is 0 Å².